The molecule has 0 saturated carbocycles. The molecule has 1 heterocycles. The maximum atomic E-state index is 11.0. The summed E-state index contributed by atoms with van der Waals surface area (Å²) in [6.07, 6.45) is 2.14. The van der Waals surface area contributed by atoms with Gasteiger partial charge in [0.2, 0.25) is 5.91 Å². The second-order valence-electron chi connectivity index (χ2n) is 5.93. The number of benzene rings is 1. The van der Waals surface area contributed by atoms with Crippen molar-refractivity contribution in [3.63, 3.8) is 0 Å². The van der Waals surface area contributed by atoms with Crippen molar-refractivity contribution in [2.24, 2.45) is 5.73 Å². The number of hydrogen-bond acceptors (Lipinski definition) is 4. The highest BCUT2D eigenvalue weighted by Crippen LogP contribution is 2.17. The molecule has 0 radical (unpaired) electrons. The Morgan fingerprint density at radius 3 is 2.68 bits per heavy atom. The molecule has 1 aliphatic heterocycles. The predicted molar refractivity (Wildman–Crippen MR) is 91.1 cm³/mol. The molecule has 0 spiro atoms. The predicted octanol–water partition coefficient (Wildman–Crippen LogP) is 0.972. The first-order valence-corrected chi connectivity index (χ1v) is 8.20. The van der Waals surface area contributed by atoms with E-state index in [9.17, 15) is 4.79 Å². The molecule has 1 saturated heterocycles. The minimum Gasteiger partial charge on any atom is -0.369 e. The van der Waals surface area contributed by atoms with Crippen LogP contribution in [0.5, 0.6) is 0 Å². The summed E-state index contributed by atoms with van der Waals surface area (Å²) in [6, 6.07) is 8.73. The fourth-order valence-electron chi connectivity index (χ4n) is 2.81. The zero-order chi connectivity index (χ0) is 15.8. The zero-order valence-corrected chi connectivity index (χ0v) is 13.6. The number of aryl methyl sites for hydroxylation is 1. The number of amides is 1. The molecule has 22 heavy (non-hydrogen) atoms. The van der Waals surface area contributed by atoms with Crippen LogP contribution in [0.2, 0.25) is 0 Å². The first-order chi connectivity index (χ1) is 10.7. The lowest BCUT2D eigenvalue weighted by Crippen LogP contribution is -2.46. The third-order valence-corrected chi connectivity index (χ3v) is 4.15. The van der Waals surface area contributed by atoms with Crippen LogP contribution in [-0.2, 0) is 4.79 Å². The molecule has 2 rings (SSSR count). The number of rotatable bonds is 7. The normalized spacial score (nSPS) is 15.8. The Hall–Kier alpha value is -1.59. The highest BCUT2D eigenvalue weighted by molar-refractivity contribution is 5.77. The topological polar surface area (TPSA) is 61.6 Å². The van der Waals surface area contributed by atoms with Crippen molar-refractivity contribution < 1.29 is 4.79 Å². The van der Waals surface area contributed by atoms with Gasteiger partial charge >= 0.3 is 0 Å². The first kappa shape index (κ1) is 16.8. The van der Waals surface area contributed by atoms with Crippen LogP contribution in [0, 0.1) is 6.92 Å². The largest absolute Gasteiger partial charge is 0.369 e. The maximum absolute atomic E-state index is 11.0. The van der Waals surface area contributed by atoms with Crippen LogP contribution < -0.4 is 16.0 Å². The van der Waals surface area contributed by atoms with Gasteiger partial charge in [0.15, 0.2) is 0 Å². The third-order valence-electron chi connectivity index (χ3n) is 4.15. The fourth-order valence-corrected chi connectivity index (χ4v) is 2.81. The van der Waals surface area contributed by atoms with E-state index in [-0.39, 0.29) is 12.5 Å². The average molecular weight is 304 g/mol. The first-order valence-electron chi connectivity index (χ1n) is 8.20. The van der Waals surface area contributed by atoms with Crippen molar-refractivity contribution in [1.29, 1.82) is 0 Å². The van der Waals surface area contributed by atoms with Crippen molar-refractivity contribution in [3.05, 3.63) is 29.8 Å². The molecule has 1 aromatic carbocycles. The number of carbonyl (C=O) groups is 1. The van der Waals surface area contributed by atoms with Crippen LogP contribution in [0.15, 0.2) is 24.3 Å². The van der Waals surface area contributed by atoms with Gasteiger partial charge in [-0.1, -0.05) is 12.1 Å². The molecule has 5 nitrogen and oxygen atoms in total. The van der Waals surface area contributed by atoms with Crippen molar-refractivity contribution in [3.8, 4) is 0 Å². The van der Waals surface area contributed by atoms with Crippen LogP contribution in [0.4, 0.5) is 5.69 Å². The second-order valence-corrected chi connectivity index (χ2v) is 5.93. The molecule has 1 aliphatic rings. The van der Waals surface area contributed by atoms with E-state index >= 15 is 0 Å². The van der Waals surface area contributed by atoms with Gasteiger partial charge in [-0.15, -0.1) is 0 Å². The van der Waals surface area contributed by atoms with Crippen LogP contribution in [0.3, 0.4) is 0 Å². The Balaban J connectivity index is 1.62. The molecule has 5 heteroatoms. The smallest absolute Gasteiger partial charge is 0.233 e. The summed E-state index contributed by atoms with van der Waals surface area (Å²) < 4.78 is 0. The summed E-state index contributed by atoms with van der Waals surface area (Å²) >= 11 is 0. The van der Waals surface area contributed by atoms with E-state index in [1.165, 1.54) is 11.3 Å². The summed E-state index contributed by atoms with van der Waals surface area (Å²) in [5.41, 5.74) is 7.91. The molecule has 0 aliphatic carbocycles. The Labute approximate surface area is 133 Å². The van der Waals surface area contributed by atoms with Gasteiger partial charge in [0, 0.05) is 38.4 Å². The zero-order valence-electron chi connectivity index (χ0n) is 13.6. The minimum absolute atomic E-state index is 0.0632. The van der Waals surface area contributed by atoms with Crippen molar-refractivity contribution >= 4 is 11.6 Å². The van der Waals surface area contributed by atoms with Crippen LogP contribution >= 0.6 is 0 Å². The number of nitrogens with zero attached hydrogens (tertiary/aromatic N) is 2. The van der Waals surface area contributed by atoms with E-state index in [0.29, 0.717) is 0 Å². The molecule has 1 aromatic rings. The summed E-state index contributed by atoms with van der Waals surface area (Å²) in [5, 5.41) is 2.81. The molecular formula is C17H28N4O. The SMILES string of the molecule is Cc1cccc(N2CCN(CCCCNC(=O)CN)CC2)c1. The lowest BCUT2D eigenvalue weighted by molar-refractivity contribution is -0.119. The molecule has 0 unspecified atom stereocenters. The highest BCUT2D eigenvalue weighted by Gasteiger charge is 2.16. The molecule has 1 amide bonds. The van der Waals surface area contributed by atoms with E-state index in [2.05, 4.69) is 46.3 Å². The minimum atomic E-state index is -0.0632. The van der Waals surface area contributed by atoms with Gasteiger partial charge in [-0.2, -0.15) is 0 Å². The monoisotopic (exact) mass is 304 g/mol. The van der Waals surface area contributed by atoms with Crippen molar-refractivity contribution in [1.82, 2.24) is 10.2 Å². The van der Waals surface area contributed by atoms with Crippen LogP contribution in [0.25, 0.3) is 0 Å². The fraction of sp³-hybridized carbons (Fsp3) is 0.588. The molecule has 0 atom stereocenters. The van der Waals surface area contributed by atoms with Crippen molar-refractivity contribution in [2.45, 2.75) is 19.8 Å². The molecule has 1 fully saturated rings. The van der Waals surface area contributed by atoms with Gasteiger partial charge in [0.05, 0.1) is 6.54 Å². The van der Waals surface area contributed by atoms with Gasteiger partial charge in [-0.25, -0.2) is 0 Å². The van der Waals surface area contributed by atoms with Gasteiger partial charge in [0.1, 0.15) is 0 Å². The van der Waals surface area contributed by atoms with Gasteiger partial charge in [-0.3, -0.25) is 9.69 Å². The summed E-state index contributed by atoms with van der Waals surface area (Å²) in [4.78, 5) is 16.0. The second kappa shape index (κ2) is 8.76. The number of piperazine rings is 1. The van der Waals surface area contributed by atoms with E-state index in [0.717, 1.165) is 52.1 Å². The Bertz CT molecular complexity index is 469. The third kappa shape index (κ3) is 5.31. The summed E-state index contributed by atoms with van der Waals surface area (Å²) in [5.74, 6) is -0.0632. The molecular weight excluding hydrogens is 276 g/mol. The maximum Gasteiger partial charge on any atom is 0.233 e. The summed E-state index contributed by atoms with van der Waals surface area (Å²) in [6.45, 7) is 8.48. The lowest BCUT2D eigenvalue weighted by atomic mass is 10.2. The number of unbranched alkanes of at least 4 members (excludes halogenated alkanes) is 1. The van der Waals surface area contributed by atoms with E-state index in [4.69, 9.17) is 5.73 Å². The molecule has 3 N–H and O–H groups in total. The van der Waals surface area contributed by atoms with Crippen molar-refractivity contribution in [2.75, 3.05) is 50.7 Å². The Morgan fingerprint density at radius 2 is 2.00 bits per heavy atom. The van der Waals surface area contributed by atoms with Crippen LogP contribution in [-0.4, -0.2) is 56.6 Å². The lowest BCUT2D eigenvalue weighted by Gasteiger charge is -2.36. The van der Waals surface area contributed by atoms with E-state index in [1.54, 1.807) is 0 Å². The number of nitrogens with two attached hydrogens (primary N) is 1. The number of hydrogen-bond donors (Lipinski definition) is 2. The van der Waals surface area contributed by atoms with E-state index < -0.39 is 0 Å². The average Bonchev–Trinajstić information content (AvgIpc) is 2.55. The number of carbonyl (C=O) groups excluding carboxylic acids is 1. The van der Waals surface area contributed by atoms with Gasteiger partial charge in [-0.05, 0) is 44.0 Å². The molecule has 122 valence electrons. The van der Waals surface area contributed by atoms with Gasteiger partial charge < -0.3 is 16.0 Å². The number of nitrogens with one attached hydrogen (secondary N) is 1. The molecule has 0 bridgehead atoms. The van der Waals surface area contributed by atoms with Crippen LogP contribution in [0.1, 0.15) is 18.4 Å². The van der Waals surface area contributed by atoms with Gasteiger partial charge in [0.25, 0.3) is 0 Å². The summed E-state index contributed by atoms with van der Waals surface area (Å²) in [7, 11) is 0. The molecule has 0 aromatic heterocycles. The Morgan fingerprint density at radius 1 is 1.23 bits per heavy atom. The highest BCUT2D eigenvalue weighted by atomic mass is 16.1. The Kier molecular flexibility index (Phi) is 6.68. The number of anilines is 1. The van der Waals surface area contributed by atoms with E-state index in [1.807, 2.05) is 0 Å². The quantitative estimate of drug-likeness (QED) is 0.737. The standard InChI is InChI=1S/C17H28N4O/c1-15-5-4-6-16(13-15)21-11-9-20(10-12-21)8-3-2-7-19-17(22)14-18/h4-6,13H,2-3,7-12,14,18H2,1H3,(H,19,22).